The fraction of sp³-hybridized carbons (Fsp3) is 1.00. The Hall–Kier alpha value is -0.0800. The Kier molecular flexibility index (Phi) is 4.02. The fourth-order valence-electron chi connectivity index (χ4n) is 2.03. The van der Waals surface area contributed by atoms with Crippen LogP contribution in [-0.2, 0) is 0 Å². The molecule has 1 aliphatic heterocycles. The van der Waals surface area contributed by atoms with Crippen LogP contribution >= 0.6 is 0 Å². The van der Waals surface area contributed by atoms with E-state index in [2.05, 4.69) is 18.9 Å². The molecule has 1 rings (SSSR count). The molecular weight excluding hydrogens is 148 g/mol. The van der Waals surface area contributed by atoms with E-state index in [1.807, 2.05) is 0 Å². The molecule has 2 unspecified atom stereocenters. The van der Waals surface area contributed by atoms with Crippen molar-refractivity contribution in [3.05, 3.63) is 0 Å². The van der Waals surface area contributed by atoms with E-state index in [-0.39, 0.29) is 0 Å². The minimum absolute atomic E-state index is 0.441. The number of hydrogen-bond acceptors (Lipinski definition) is 2. The smallest absolute Gasteiger partial charge is 0.00650 e. The number of hydrogen-bond donors (Lipinski definition) is 1. The van der Waals surface area contributed by atoms with Crippen LogP contribution in [0, 0.1) is 5.92 Å². The number of likely N-dealkylation sites (tertiary alicyclic amines) is 1. The quantitative estimate of drug-likeness (QED) is 0.680. The summed E-state index contributed by atoms with van der Waals surface area (Å²) in [5.41, 5.74) is 6.04. The summed E-state index contributed by atoms with van der Waals surface area (Å²) >= 11 is 0. The number of rotatable bonds is 2. The van der Waals surface area contributed by atoms with Crippen molar-refractivity contribution in [2.24, 2.45) is 11.7 Å². The maximum absolute atomic E-state index is 6.04. The van der Waals surface area contributed by atoms with Gasteiger partial charge in [-0.05, 0) is 51.7 Å². The lowest BCUT2D eigenvalue weighted by Gasteiger charge is -2.20. The number of nitrogens with two attached hydrogens (primary N) is 1. The fourth-order valence-corrected chi connectivity index (χ4v) is 2.03. The van der Waals surface area contributed by atoms with E-state index in [9.17, 15) is 0 Å². The second-order valence-electron chi connectivity index (χ2n) is 4.07. The summed E-state index contributed by atoms with van der Waals surface area (Å²) in [6.45, 7) is 4.69. The van der Waals surface area contributed by atoms with Crippen molar-refractivity contribution in [3.63, 3.8) is 0 Å². The Morgan fingerprint density at radius 2 is 2.17 bits per heavy atom. The predicted octanol–water partition coefficient (Wildman–Crippen LogP) is 1.46. The summed E-state index contributed by atoms with van der Waals surface area (Å²) in [7, 11) is 2.21. The first-order valence-electron chi connectivity index (χ1n) is 5.18. The standard InChI is InChI=1S/C10H22N2/c1-3-10(11)9-5-4-7-12(2)8-6-9/h9-10H,3-8,11H2,1-2H3. The van der Waals surface area contributed by atoms with Gasteiger partial charge in [0.05, 0.1) is 0 Å². The summed E-state index contributed by atoms with van der Waals surface area (Å²) in [4.78, 5) is 2.42. The molecule has 2 heteroatoms. The molecule has 0 saturated carbocycles. The molecule has 2 N–H and O–H groups in total. The van der Waals surface area contributed by atoms with Crippen molar-refractivity contribution in [3.8, 4) is 0 Å². The molecule has 1 fully saturated rings. The van der Waals surface area contributed by atoms with Crippen LogP contribution in [-0.4, -0.2) is 31.1 Å². The van der Waals surface area contributed by atoms with Crippen molar-refractivity contribution in [2.45, 2.75) is 38.6 Å². The van der Waals surface area contributed by atoms with E-state index >= 15 is 0 Å². The van der Waals surface area contributed by atoms with Gasteiger partial charge >= 0.3 is 0 Å². The van der Waals surface area contributed by atoms with E-state index in [0.717, 1.165) is 12.3 Å². The van der Waals surface area contributed by atoms with Crippen LogP contribution in [0.1, 0.15) is 32.6 Å². The van der Waals surface area contributed by atoms with Crippen molar-refractivity contribution >= 4 is 0 Å². The molecule has 0 aromatic rings. The summed E-state index contributed by atoms with van der Waals surface area (Å²) in [6.07, 6.45) is 5.09. The second kappa shape index (κ2) is 4.83. The Balaban J connectivity index is 2.35. The lowest BCUT2D eigenvalue weighted by atomic mass is 9.91. The minimum Gasteiger partial charge on any atom is -0.327 e. The van der Waals surface area contributed by atoms with Crippen LogP contribution in [0.5, 0.6) is 0 Å². The SMILES string of the molecule is CCC(N)C1CCCN(C)CC1. The van der Waals surface area contributed by atoms with Gasteiger partial charge < -0.3 is 10.6 Å². The maximum atomic E-state index is 6.04. The van der Waals surface area contributed by atoms with Gasteiger partial charge in [0.15, 0.2) is 0 Å². The molecule has 1 saturated heterocycles. The van der Waals surface area contributed by atoms with Gasteiger partial charge in [0, 0.05) is 6.04 Å². The summed E-state index contributed by atoms with van der Waals surface area (Å²) in [5, 5.41) is 0. The minimum atomic E-state index is 0.441. The molecular formula is C10H22N2. The second-order valence-corrected chi connectivity index (χ2v) is 4.07. The third-order valence-electron chi connectivity index (χ3n) is 3.07. The third kappa shape index (κ3) is 2.76. The monoisotopic (exact) mass is 170 g/mol. The van der Waals surface area contributed by atoms with Gasteiger partial charge in [0.2, 0.25) is 0 Å². The first kappa shape index (κ1) is 10.0. The Bertz CT molecular complexity index is 125. The average Bonchev–Trinajstić information content (AvgIpc) is 2.29. The molecule has 12 heavy (non-hydrogen) atoms. The Morgan fingerprint density at radius 3 is 2.83 bits per heavy atom. The van der Waals surface area contributed by atoms with Gasteiger partial charge in [0.1, 0.15) is 0 Å². The van der Waals surface area contributed by atoms with Crippen molar-refractivity contribution in [1.29, 1.82) is 0 Å². The summed E-state index contributed by atoms with van der Waals surface area (Å²) in [6, 6.07) is 0.441. The molecule has 0 amide bonds. The number of nitrogens with zero attached hydrogens (tertiary/aromatic N) is 1. The molecule has 0 aliphatic carbocycles. The molecule has 0 radical (unpaired) electrons. The Labute approximate surface area is 76.1 Å². The lowest BCUT2D eigenvalue weighted by molar-refractivity contribution is 0.327. The molecule has 0 aromatic carbocycles. The highest BCUT2D eigenvalue weighted by molar-refractivity contribution is 4.75. The third-order valence-corrected chi connectivity index (χ3v) is 3.07. The van der Waals surface area contributed by atoms with E-state index in [4.69, 9.17) is 5.73 Å². The predicted molar refractivity (Wildman–Crippen MR) is 53.1 cm³/mol. The van der Waals surface area contributed by atoms with E-state index in [0.29, 0.717) is 6.04 Å². The van der Waals surface area contributed by atoms with Gasteiger partial charge in [-0.3, -0.25) is 0 Å². The average molecular weight is 170 g/mol. The molecule has 1 heterocycles. The molecule has 1 aliphatic rings. The van der Waals surface area contributed by atoms with E-state index < -0.39 is 0 Å². The first-order valence-corrected chi connectivity index (χ1v) is 5.18. The van der Waals surface area contributed by atoms with Gasteiger partial charge in [-0.1, -0.05) is 6.92 Å². The molecule has 0 spiro atoms. The lowest BCUT2D eigenvalue weighted by Crippen LogP contribution is -2.30. The topological polar surface area (TPSA) is 29.3 Å². The van der Waals surface area contributed by atoms with Crippen molar-refractivity contribution in [1.82, 2.24) is 4.90 Å². The van der Waals surface area contributed by atoms with Gasteiger partial charge in [-0.25, -0.2) is 0 Å². The van der Waals surface area contributed by atoms with Crippen LogP contribution in [0.15, 0.2) is 0 Å². The van der Waals surface area contributed by atoms with Crippen LogP contribution in [0.2, 0.25) is 0 Å². The zero-order chi connectivity index (χ0) is 8.97. The van der Waals surface area contributed by atoms with Crippen LogP contribution in [0.3, 0.4) is 0 Å². The van der Waals surface area contributed by atoms with Gasteiger partial charge in [-0.2, -0.15) is 0 Å². The highest BCUT2D eigenvalue weighted by Gasteiger charge is 2.19. The van der Waals surface area contributed by atoms with Crippen molar-refractivity contribution in [2.75, 3.05) is 20.1 Å². The Morgan fingerprint density at radius 1 is 1.42 bits per heavy atom. The van der Waals surface area contributed by atoms with E-state index in [1.54, 1.807) is 0 Å². The first-order chi connectivity index (χ1) is 5.74. The molecule has 72 valence electrons. The van der Waals surface area contributed by atoms with E-state index in [1.165, 1.54) is 32.4 Å². The molecule has 0 bridgehead atoms. The van der Waals surface area contributed by atoms with Crippen molar-refractivity contribution < 1.29 is 0 Å². The van der Waals surface area contributed by atoms with Crippen LogP contribution in [0.25, 0.3) is 0 Å². The largest absolute Gasteiger partial charge is 0.327 e. The van der Waals surface area contributed by atoms with Crippen LogP contribution < -0.4 is 5.73 Å². The van der Waals surface area contributed by atoms with Crippen LogP contribution in [0.4, 0.5) is 0 Å². The zero-order valence-corrected chi connectivity index (χ0v) is 8.42. The van der Waals surface area contributed by atoms with Gasteiger partial charge in [-0.15, -0.1) is 0 Å². The summed E-state index contributed by atoms with van der Waals surface area (Å²) in [5.74, 6) is 0.778. The summed E-state index contributed by atoms with van der Waals surface area (Å²) < 4.78 is 0. The molecule has 0 aromatic heterocycles. The normalized spacial score (nSPS) is 29.8. The molecule has 2 nitrogen and oxygen atoms in total. The zero-order valence-electron chi connectivity index (χ0n) is 8.42. The van der Waals surface area contributed by atoms with Gasteiger partial charge in [0.25, 0.3) is 0 Å². The molecule has 2 atom stereocenters. The maximum Gasteiger partial charge on any atom is 0.00650 e. The highest BCUT2D eigenvalue weighted by Crippen LogP contribution is 2.20. The highest BCUT2D eigenvalue weighted by atomic mass is 15.1.